The summed E-state index contributed by atoms with van der Waals surface area (Å²) >= 11 is 3.14. The smallest absolute Gasteiger partial charge is 0.325 e. The zero-order valence-corrected chi connectivity index (χ0v) is 15.2. The zero-order chi connectivity index (χ0) is 17.7. The number of rotatable bonds is 3. The van der Waals surface area contributed by atoms with Crippen LogP contribution in [0.4, 0.5) is 4.79 Å². The summed E-state index contributed by atoms with van der Waals surface area (Å²) < 4.78 is 5.25. The first-order chi connectivity index (χ1) is 12.7. The Hall–Kier alpha value is -2.52. The van der Waals surface area contributed by atoms with E-state index >= 15 is 0 Å². The van der Waals surface area contributed by atoms with E-state index < -0.39 is 11.6 Å². The molecule has 3 amide bonds. The number of nitrogens with zero attached hydrogens (tertiary/aromatic N) is 3. The van der Waals surface area contributed by atoms with Crippen LogP contribution in [0.5, 0.6) is 0 Å². The molecular formula is C17H14N4O3S2. The van der Waals surface area contributed by atoms with Crippen LogP contribution >= 0.6 is 22.7 Å². The van der Waals surface area contributed by atoms with Gasteiger partial charge in [-0.2, -0.15) is 4.98 Å². The summed E-state index contributed by atoms with van der Waals surface area (Å²) in [6.45, 7) is -0.0235. The quantitative estimate of drug-likeness (QED) is 0.699. The lowest BCUT2D eigenvalue weighted by Crippen LogP contribution is -2.46. The number of carbonyl (C=O) groups excluding carboxylic acids is 2. The number of thiophene rings is 2. The maximum Gasteiger partial charge on any atom is 0.325 e. The first-order valence-corrected chi connectivity index (χ1v) is 10.0. The van der Waals surface area contributed by atoms with Gasteiger partial charge in [-0.3, -0.25) is 9.69 Å². The highest BCUT2D eigenvalue weighted by Gasteiger charge is 2.54. The highest BCUT2D eigenvalue weighted by molar-refractivity contribution is 7.13. The van der Waals surface area contributed by atoms with Crippen LogP contribution in [0, 0.1) is 0 Å². The predicted molar refractivity (Wildman–Crippen MR) is 95.6 cm³/mol. The lowest BCUT2D eigenvalue weighted by atomic mass is 9.80. The molecule has 1 spiro atoms. The van der Waals surface area contributed by atoms with Crippen molar-refractivity contribution in [1.82, 2.24) is 20.4 Å². The predicted octanol–water partition coefficient (Wildman–Crippen LogP) is 3.14. The van der Waals surface area contributed by atoms with Crippen molar-refractivity contribution < 1.29 is 14.1 Å². The van der Waals surface area contributed by atoms with Gasteiger partial charge >= 0.3 is 6.03 Å². The van der Waals surface area contributed by atoms with Crippen LogP contribution < -0.4 is 5.32 Å². The van der Waals surface area contributed by atoms with Crippen LogP contribution in [-0.4, -0.2) is 27.0 Å². The van der Waals surface area contributed by atoms with Gasteiger partial charge in [0.05, 0.1) is 4.88 Å². The summed E-state index contributed by atoms with van der Waals surface area (Å²) in [7, 11) is 0. The number of aromatic nitrogens is 2. The van der Waals surface area contributed by atoms with Crippen molar-refractivity contribution in [3.05, 3.63) is 45.3 Å². The van der Waals surface area contributed by atoms with Gasteiger partial charge in [-0.25, -0.2) is 4.79 Å². The van der Waals surface area contributed by atoms with E-state index in [1.54, 1.807) is 11.3 Å². The lowest BCUT2D eigenvalue weighted by molar-refractivity contribution is -0.132. The molecule has 1 saturated heterocycles. The van der Waals surface area contributed by atoms with Gasteiger partial charge in [0.2, 0.25) is 11.7 Å². The Morgan fingerprint density at radius 1 is 1.27 bits per heavy atom. The third kappa shape index (κ3) is 2.24. The van der Waals surface area contributed by atoms with E-state index in [2.05, 4.69) is 15.5 Å². The van der Waals surface area contributed by atoms with E-state index in [0.29, 0.717) is 12.2 Å². The number of fused-ring (bicyclic) bond motifs is 2. The molecule has 2 aliphatic rings. The molecule has 1 aliphatic heterocycles. The third-order valence-corrected chi connectivity index (χ3v) is 6.69. The maximum absolute atomic E-state index is 13.2. The molecule has 0 bridgehead atoms. The monoisotopic (exact) mass is 386 g/mol. The number of amides is 3. The van der Waals surface area contributed by atoms with Crippen molar-refractivity contribution in [3.8, 4) is 10.7 Å². The fraction of sp³-hybridized carbons (Fsp3) is 0.294. The Balaban J connectivity index is 1.43. The summed E-state index contributed by atoms with van der Waals surface area (Å²) in [5.74, 6) is 0.475. The van der Waals surface area contributed by atoms with Gasteiger partial charge < -0.3 is 9.84 Å². The molecule has 1 aliphatic carbocycles. The molecule has 26 heavy (non-hydrogen) atoms. The average molecular weight is 386 g/mol. The molecule has 5 rings (SSSR count). The van der Waals surface area contributed by atoms with Gasteiger partial charge in [0, 0.05) is 10.4 Å². The molecule has 1 fully saturated rings. The normalized spacial score (nSPS) is 22.1. The van der Waals surface area contributed by atoms with Crippen molar-refractivity contribution in [2.45, 2.75) is 31.3 Å². The Morgan fingerprint density at radius 2 is 2.19 bits per heavy atom. The van der Waals surface area contributed by atoms with E-state index in [-0.39, 0.29) is 18.3 Å². The standard InChI is InChI=1S/C17H14N4O3S2/c22-15-17(6-1-3-11-10(17)5-8-26-11)19-16(23)21(15)9-13-18-14(20-24-13)12-4-2-7-25-12/h2,4-5,7-8H,1,3,6,9H2,(H,19,23)/t17-/m0/s1. The van der Waals surface area contributed by atoms with Gasteiger partial charge in [0.1, 0.15) is 12.1 Å². The first kappa shape index (κ1) is 15.7. The molecular weight excluding hydrogens is 372 g/mol. The van der Waals surface area contributed by atoms with Crippen LogP contribution in [0.25, 0.3) is 10.7 Å². The van der Waals surface area contributed by atoms with Gasteiger partial charge in [-0.05, 0) is 42.2 Å². The molecule has 0 radical (unpaired) electrons. The molecule has 0 unspecified atom stereocenters. The molecule has 3 aromatic rings. The Morgan fingerprint density at radius 3 is 3.04 bits per heavy atom. The number of carbonyl (C=O) groups is 2. The third-order valence-electron chi connectivity index (χ3n) is 4.84. The number of aryl methyl sites for hydroxylation is 1. The summed E-state index contributed by atoms with van der Waals surface area (Å²) in [5.41, 5.74) is -0.0132. The second-order valence-corrected chi connectivity index (χ2v) is 8.28. The van der Waals surface area contributed by atoms with E-state index in [0.717, 1.165) is 23.3 Å². The molecule has 0 aromatic carbocycles. The molecule has 1 atom stereocenters. The maximum atomic E-state index is 13.2. The molecule has 1 N–H and O–H groups in total. The number of hydrogen-bond acceptors (Lipinski definition) is 7. The van der Waals surface area contributed by atoms with E-state index in [1.807, 2.05) is 29.0 Å². The Bertz CT molecular complexity index is 994. The van der Waals surface area contributed by atoms with Gasteiger partial charge in [0.25, 0.3) is 5.91 Å². The average Bonchev–Trinajstić information content (AvgIpc) is 3.41. The van der Waals surface area contributed by atoms with Gasteiger partial charge in [-0.15, -0.1) is 22.7 Å². The number of urea groups is 1. The highest BCUT2D eigenvalue weighted by Crippen LogP contribution is 2.42. The fourth-order valence-corrected chi connectivity index (χ4v) is 5.29. The van der Waals surface area contributed by atoms with Crippen molar-refractivity contribution >= 4 is 34.6 Å². The van der Waals surface area contributed by atoms with E-state index in [9.17, 15) is 9.59 Å². The second-order valence-electron chi connectivity index (χ2n) is 6.33. The summed E-state index contributed by atoms with van der Waals surface area (Å²) in [5, 5.41) is 10.8. The van der Waals surface area contributed by atoms with Gasteiger partial charge in [0.15, 0.2) is 0 Å². The molecule has 9 heteroatoms. The first-order valence-electron chi connectivity index (χ1n) is 8.25. The topological polar surface area (TPSA) is 88.3 Å². The van der Waals surface area contributed by atoms with Gasteiger partial charge in [-0.1, -0.05) is 11.2 Å². The SMILES string of the molecule is O=C1N[C@]2(CCCc3sccc32)C(=O)N1Cc1nc(-c2cccs2)no1. The lowest BCUT2D eigenvalue weighted by Gasteiger charge is -2.31. The number of nitrogens with one attached hydrogen (secondary N) is 1. The van der Waals surface area contributed by atoms with Crippen molar-refractivity contribution in [3.63, 3.8) is 0 Å². The minimum absolute atomic E-state index is 0.0235. The van der Waals surface area contributed by atoms with Crippen LogP contribution in [-0.2, 0) is 23.3 Å². The molecule has 7 nitrogen and oxygen atoms in total. The van der Waals surface area contributed by atoms with Crippen molar-refractivity contribution in [2.75, 3.05) is 0 Å². The summed E-state index contributed by atoms with van der Waals surface area (Å²) in [6.07, 6.45) is 2.43. The molecule has 0 saturated carbocycles. The minimum atomic E-state index is -0.943. The molecule has 4 heterocycles. The van der Waals surface area contributed by atoms with Crippen LogP contribution in [0.1, 0.15) is 29.2 Å². The number of hydrogen-bond donors (Lipinski definition) is 1. The Kier molecular flexibility index (Phi) is 3.47. The number of imide groups is 1. The molecule has 132 valence electrons. The minimum Gasteiger partial charge on any atom is -0.337 e. The van der Waals surface area contributed by atoms with E-state index in [1.165, 1.54) is 21.1 Å². The van der Waals surface area contributed by atoms with Crippen LogP contribution in [0.3, 0.4) is 0 Å². The van der Waals surface area contributed by atoms with Crippen molar-refractivity contribution in [1.29, 1.82) is 0 Å². The van der Waals surface area contributed by atoms with Crippen molar-refractivity contribution in [2.24, 2.45) is 0 Å². The van der Waals surface area contributed by atoms with Crippen LogP contribution in [0.2, 0.25) is 0 Å². The summed E-state index contributed by atoms with van der Waals surface area (Å²) in [4.78, 5) is 33.2. The summed E-state index contributed by atoms with van der Waals surface area (Å²) in [6, 6.07) is 5.33. The van der Waals surface area contributed by atoms with Crippen LogP contribution in [0.15, 0.2) is 33.5 Å². The Labute approximate surface area is 156 Å². The fourth-order valence-electron chi connectivity index (χ4n) is 3.65. The zero-order valence-electron chi connectivity index (χ0n) is 13.6. The molecule has 3 aromatic heterocycles. The highest BCUT2D eigenvalue weighted by atomic mass is 32.1. The van der Waals surface area contributed by atoms with E-state index in [4.69, 9.17) is 4.52 Å². The second kappa shape index (κ2) is 5.75. The largest absolute Gasteiger partial charge is 0.337 e.